The Kier molecular flexibility index (Phi) is 8.60. The van der Waals surface area contributed by atoms with Crippen LogP contribution in [0.25, 0.3) is 5.70 Å². The largest absolute Gasteiger partial charge is 0.508 e. The topological polar surface area (TPSA) is 127 Å². The van der Waals surface area contributed by atoms with E-state index in [0.29, 0.717) is 11.3 Å². The number of carbonyl (C=O) groups is 1. The van der Waals surface area contributed by atoms with Gasteiger partial charge >= 0.3 is 0 Å². The lowest BCUT2D eigenvalue weighted by molar-refractivity contribution is -0.115. The Bertz CT molecular complexity index is 1180. The van der Waals surface area contributed by atoms with Crippen LogP contribution in [0.3, 0.4) is 0 Å². The molecule has 3 rings (SSSR count). The first-order chi connectivity index (χ1) is 17.4. The summed E-state index contributed by atoms with van der Waals surface area (Å²) in [4.78, 5) is 18.5. The van der Waals surface area contributed by atoms with Crippen molar-refractivity contribution in [1.82, 2.24) is 15.1 Å². The van der Waals surface area contributed by atoms with E-state index in [4.69, 9.17) is 10.8 Å². The molecule has 1 amide bonds. The molecule has 0 aliphatic carbocycles. The van der Waals surface area contributed by atoms with Gasteiger partial charge in [-0.2, -0.15) is 0 Å². The number of nitrogens with one attached hydrogen (secondary N) is 3. The van der Waals surface area contributed by atoms with E-state index in [9.17, 15) is 15.0 Å². The van der Waals surface area contributed by atoms with Crippen molar-refractivity contribution in [3.8, 4) is 11.5 Å². The van der Waals surface area contributed by atoms with Crippen molar-refractivity contribution in [3.63, 3.8) is 0 Å². The minimum atomic E-state index is -0.645. The maximum absolute atomic E-state index is 12.8. The van der Waals surface area contributed by atoms with Gasteiger partial charge in [-0.15, -0.1) is 0 Å². The summed E-state index contributed by atoms with van der Waals surface area (Å²) in [5.74, 6) is -1.81. The van der Waals surface area contributed by atoms with Gasteiger partial charge in [0.1, 0.15) is 17.3 Å². The first-order valence-electron chi connectivity index (χ1n) is 12.5. The molecule has 0 atom stereocenters. The van der Waals surface area contributed by atoms with Crippen LogP contribution in [0.2, 0.25) is 0 Å². The first kappa shape index (κ1) is 27.7. The zero-order chi connectivity index (χ0) is 27.4. The summed E-state index contributed by atoms with van der Waals surface area (Å²) < 4.78 is 0. The fourth-order valence-electron chi connectivity index (χ4n) is 4.23. The van der Waals surface area contributed by atoms with E-state index < -0.39 is 11.7 Å². The van der Waals surface area contributed by atoms with Crippen LogP contribution in [0.15, 0.2) is 43.0 Å². The SMILES string of the molecule is C=C(c1ccc(N(C(=N)C(=O)NC(C)C)C(=N)c2cc(C(C)C)c(O)cc2O)cc1)N1CCN(C)CC1. The maximum Gasteiger partial charge on any atom is 0.287 e. The van der Waals surface area contributed by atoms with Crippen LogP contribution in [0.1, 0.15) is 50.3 Å². The predicted molar refractivity (Wildman–Crippen MR) is 149 cm³/mol. The van der Waals surface area contributed by atoms with Crippen molar-refractivity contribution >= 4 is 29.0 Å². The summed E-state index contributed by atoms with van der Waals surface area (Å²) in [6.45, 7) is 15.3. The van der Waals surface area contributed by atoms with Crippen molar-refractivity contribution in [3.05, 3.63) is 59.7 Å². The van der Waals surface area contributed by atoms with Crippen LogP contribution in [0.5, 0.6) is 11.5 Å². The number of amides is 1. The van der Waals surface area contributed by atoms with E-state index in [1.807, 2.05) is 26.0 Å². The lowest BCUT2D eigenvalue weighted by atomic mass is 9.98. The summed E-state index contributed by atoms with van der Waals surface area (Å²) in [6, 6.07) is 9.72. The molecule has 2 aromatic carbocycles. The van der Waals surface area contributed by atoms with Gasteiger partial charge in [0, 0.05) is 49.7 Å². The number of anilines is 1. The predicted octanol–water partition coefficient (Wildman–Crippen LogP) is 3.77. The molecule has 9 heteroatoms. The van der Waals surface area contributed by atoms with E-state index >= 15 is 0 Å². The van der Waals surface area contributed by atoms with Gasteiger partial charge in [0.05, 0.1) is 5.56 Å². The first-order valence-corrected chi connectivity index (χ1v) is 12.5. The molecule has 37 heavy (non-hydrogen) atoms. The number of aromatic hydroxyl groups is 2. The Labute approximate surface area is 219 Å². The lowest BCUT2D eigenvalue weighted by Gasteiger charge is -2.35. The summed E-state index contributed by atoms with van der Waals surface area (Å²) in [5.41, 5.74) is 2.88. The Morgan fingerprint density at radius 3 is 2.14 bits per heavy atom. The Hall–Kier alpha value is -3.85. The van der Waals surface area contributed by atoms with Crippen LogP contribution in [-0.4, -0.2) is 76.9 Å². The number of likely N-dealkylation sites (N-methyl/N-ethyl adjacent to an activating group) is 1. The molecule has 0 saturated carbocycles. The highest BCUT2D eigenvalue weighted by atomic mass is 16.3. The van der Waals surface area contributed by atoms with Gasteiger partial charge in [-0.3, -0.25) is 20.5 Å². The number of phenols is 2. The Balaban J connectivity index is 1.99. The highest BCUT2D eigenvalue weighted by Crippen LogP contribution is 2.34. The van der Waals surface area contributed by atoms with E-state index in [-0.39, 0.29) is 34.9 Å². The zero-order valence-corrected chi connectivity index (χ0v) is 22.3. The van der Waals surface area contributed by atoms with Crippen molar-refractivity contribution in [2.75, 3.05) is 38.1 Å². The normalized spacial score (nSPS) is 14.1. The lowest BCUT2D eigenvalue weighted by Crippen LogP contribution is -2.47. The quantitative estimate of drug-likeness (QED) is 0.300. The molecule has 1 aliphatic rings. The molecule has 2 aromatic rings. The van der Waals surface area contributed by atoms with E-state index in [1.54, 1.807) is 26.0 Å². The number of hydrogen-bond acceptors (Lipinski definition) is 7. The van der Waals surface area contributed by atoms with E-state index in [0.717, 1.165) is 37.4 Å². The fourth-order valence-corrected chi connectivity index (χ4v) is 4.23. The standard InChI is InChI=1S/C28H38N6O3/c1-17(2)22-15-23(25(36)16-24(22)35)26(29)34(27(30)28(37)31-18(3)4)21-9-7-20(8-10-21)19(5)33-13-11-32(6)12-14-33/h7-10,15-18,29-30,35-36H,5,11-14H2,1-4,6H3,(H,31,37). The molecule has 1 aliphatic heterocycles. The number of hydrogen-bond donors (Lipinski definition) is 5. The highest BCUT2D eigenvalue weighted by molar-refractivity contribution is 6.48. The molecule has 0 radical (unpaired) electrons. The van der Waals surface area contributed by atoms with Gasteiger partial charge in [-0.1, -0.05) is 32.6 Å². The van der Waals surface area contributed by atoms with Gasteiger partial charge < -0.3 is 25.3 Å². The van der Waals surface area contributed by atoms with Crippen molar-refractivity contribution < 1.29 is 15.0 Å². The Morgan fingerprint density at radius 1 is 1.00 bits per heavy atom. The van der Waals surface area contributed by atoms with Crippen LogP contribution >= 0.6 is 0 Å². The van der Waals surface area contributed by atoms with Gasteiger partial charge in [-0.25, -0.2) is 0 Å². The minimum absolute atomic E-state index is 0.0656. The molecule has 5 N–H and O–H groups in total. The molecule has 1 heterocycles. The van der Waals surface area contributed by atoms with Crippen molar-refractivity contribution in [2.45, 2.75) is 39.7 Å². The van der Waals surface area contributed by atoms with Gasteiger partial charge in [0.25, 0.3) is 5.91 Å². The third kappa shape index (κ3) is 6.29. The molecule has 1 saturated heterocycles. The number of phenolic OH excluding ortho intramolecular Hbond substituents is 2. The molecule has 9 nitrogen and oxygen atoms in total. The monoisotopic (exact) mass is 506 g/mol. The second kappa shape index (κ2) is 11.5. The van der Waals surface area contributed by atoms with Crippen LogP contribution in [0.4, 0.5) is 5.69 Å². The van der Waals surface area contributed by atoms with Crippen LogP contribution in [0, 0.1) is 10.8 Å². The summed E-state index contributed by atoms with van der Waals surface area (Å²) in [7, 11) is 2.10. The van der Waals surface area contributed by atoms with Crippen molar-refractivity contribution in [1.29, 1.82) is 10.8 Å². The second-order valence-electron chi connectivity index (χ2n) is 10.0. The number of piperazine rings is 1. The maximum atomic E-state index is 12.8. The molecule has 0 unspecified atom stereocenters. The minimum Gasteiger partial charge on any atom is -0.508 e. The average molecular weight is 507 g/mol. The number of carbonyl (C=O) groups excluding carboxylic acids is 1. The van der Waals surface area contributed by atoms with E-state index in [2.05, 4.69) is 28.7 Å². The number of benzene rings is 2. The third-order valence-corrected chi connectivity index (χ3v) is 6.45. The summed E-state index contributed by atoms with van der Waals surface area (Å²) >= 11 is 0. The molecule has 1 fully saturated rings. The van der Waals surface area contributed by atoms with Gasteiger partial charge in [0.2, 0.25) is 0 Å². The molecule has 198 valence electrons. The zero-order valence-electron chi connectivity index (χ0n) is 22.3. The molecular formula is C28H38N6O3. The molecule has 0 aromatic heterocycles. The Morgan fingerprint density at radius 2 is 1.59 bits per heavy atom. The van der Waals surface area contributed by atoms with Gasteiger partial charge in [-0.05, 0) is 56.1 Å². The smallest absolute Gasteiger partial charge is 0.287 e. The molecule has 0 bridgehead atoms. The molecular weight excluding hydrogens is 468 g/mol. The number of rotatable bonds is 6. The summed E-state index contributed by atoms with van der Waals surface area (Å²) in [5, 5.41) is 41.1. The highest BCUT2D eigenvalue weighted by Gasteiger charge is 2.28. The van der Waals surface area contributed by atoms with Gasteiger partial charge in [0.15, 0.2) is 5.84 Å². The number of amidine groups is 2. The van der Waals surface area contributed by atoms with E-state index in [1.165, 1.54) is 17.0 Å². The van der Waals surface area contributed by atoms with Crippen LogP contribution < -0.4 is 10.2 Å². The molecule has 0 spiro atoms. The second-order valence-corrected chi connectivity index (χ2v) is 10.0. The summed E-state index contributed by atoms with van der Waals surface area (Å²) in [6.07, 6.45) is 0. The average Bonchev–Trinajstić information content (AvgIpc) is 2.84. The third-order valence-electron chi connectivity index (χ3n) is 6.45. The van der Waals surface area contributed by atoms with Crippen LogP contribution in [-0.2, 0) is 4.79 Å². The fraction of sp³-hybridized carbons (Fsp3) is 0.393. The number of nitrogens with zero attached hydrogens (tertiary/aromatic N) is 3. The van der Waals surface area contributed by atoms with Crippen molar-refractivity contribution in [2.24, 2.45) is 0 Å².